The Balaban J connectivity index is 1.48. The molecule has 5 rings (SSSR count). The second kappa shape index (κ2) is 10.7. The summed E-state index contributed by atoms with van der Waals surface area (Å²) >= 11 is 3.39. The molecule has 0 unspecified atom stereocenters. The third-order valence-corrected chi connectivity index (χ3v) is 7.05. The minimum absolute atomic E-state index is 0.0817. The number of carbonyl (C=O) groups excluding carboxylic acids is 2. The average Bonchev–Trinajstić information content (AvgIpc) is 3.51. The van der Waals surface area contributed by atoms with Gasteiger partial charge in [-0.15, -0.1) is 0 Å². The number of ketones is 1. The van der Waals surface area contributed by atoms with Crippen molar-refractivity contribution in [2.24, 2.45) is 0 Å². The maximum absolute atomic E-state index is 13.2. The van der Waals surface area contributed by atoms with E-state index in [0.29, 0.717) is 31.1 Å². The quantitative estimate of drug-likeness (QED) is 0.235. The molecule has 3 aromatic carbocycles. The summed E-state index contributed by atoms with van der Waals surface area (Å²) in [6.07, 6.45) is 1.62. The Bertz CT molecular complexity index is 1270. The molecule has 0 saturated carbocycles. The molecule has 2 heterocycles. The largest absolute Gasteiger partial charge is 0.507 e. The van der Waals surface area contributed by atoms with E-state index in [2.05, 4.69) is 15.9 Å². The summed E-state index contributed by atoms with van der Waals surface area (Å²) in [5.74, 6) is -0.835. The zero-order valence-corrected chi connectivity index (χ0v) is 21.2. The number of amides is 1. The van der Waals surface area contributed by atoms with E-state index in [1.807, 2.05) is 54.6 Å². The molecule has 1 amide bonds. The van der Waals surface area contributed by atoms with Crippen LogP contribution in [0.1, 0.15) is 35.6 Å². The minimum Gasteiger partial charge on any atom is -0.507 e. The Kier molecular flexibility index (Phi) is 7.20. The normalized spacial score (nSPS) is 21.2. The van der Waals surface area contributed by atoms with Crippen LogP contribution in [0.25, 0.3) is 5.76 Å². The van der Waals surface area contributed by atoms with Crippen LogP contribution in [-0.4, -0.2) is 41.0 Å². The molecule has 2 aliphatic rings. The van der Waals surface area contributed by atoms with Crippen LogP contribution in [0.2, 0.25) is 0 Å². The molecule has 0 aliphatic carbocycles. The number of hydrogen-bond acceptors (Lipinski definition) is 5. The third kappa shape index (κ3) is 5.08. The van der Waals surface area contributed by atoms with Crippen molar-refractivity contribution < 1.29 is 24.2 Å². The van der Waals surface area contributed by atoms with Crippen LogP contribution in [-0.2, 0) is 20.9 Å². The number of rotatable bonds is 7. The number of Topliss-reactive ketones (excluding diaryl/α,β-unsaturated/α-hetero) is 1. The van der Waals surface area contributed by atoms with Gasteiger partial charge in [-0.3, -0.25) is 9.59 Å². The van der Waals surface area contributed by atoms with Gasteiger partial charge < -0.3 is 19.5 Å². The molecular weight excluding hydrogens is 522 g/mol. The van der Waals surface area contributed by atoms with E-state index >= 15 is 0 Å². The molecule has 0 bridgehead atoms. The second-order valence-electron chi connectivity index (χ2n) is 8.94. The van der Waals surface area contributed by atoms with Gasteiger partial charge in [-0.2, -0.15) is 0 Å². The lowest BCUT2D eigenvalue weighted by Crippen LogP contribution is -2.36. The van der Waals surface area contributed by atoms with Gasteiger partial charge in [-0.1, -0.05) is 70.5 Å². The van der Waals surface area contributed by atoms with Crippen molar-refractivity contribution in [2.75, 3.05) is 13.2 Å². The summed E-state index contributed by atoms with van der Waals surface area (Å²) in [7, 11) is 0. The summed E-state index contributed by atoms with van der Waals surface area (Å²) in [5, 5.41) is 11.2. The van der Waals surface area contributed by atoms with Crippen molar-refractivity contribution in [3.8, 4) is 5.75 Å². The summed E-state index contributed by atoms with van der Waals surface area (Å²) < 4.78 is 12.5. The van der Waals surface area contributed by atoms with E-state index in [9.17, 15) is 14.7 Å². The number of benzene rings is 3. The Morgan fingerprint density at radius 3 is 2.39 bits per heavy atom. The van der Waals surface area contributed by atoms with Gasteiger partial charge in [0.15, 0.2) is 0 Å². The van der Waals surface area contributed by atoms with Crippen molar-refractivity contribution in [1.82, 2.24) is 4.90 Å². The van der Waals surface area contributed by atoms with E-state index in [0.717, 1.165) is 28.4 Å². The number of aliphatic hydroxyl groups is 1. The van der Waals surface area contributed by atoms with Gasteiger partial charge in [0, 0.05) is 23.2 Å². The lowest BCUT2D eigenvalue weighted by atomic mass is 9.95. The average molecular weight is 548 g/mol. The third-order valence-electron chi connectivity index (χ3n) is 6.53. The fourth-order valence-electron chi connectivity index (χ4n) is 4.67. The number of ether oxygens (including phenoxy) is 2. The molecule has 6 nitrogen and oxygen atoms in total. The standard InChI is InChI=1S/C29H26BrNO5/c30-22-12-8-21(9-13-22)27(32)25-26(31(29(34)28(25)33)17-24-7-4-16-35-24)20-10-14-23(15-11-20)36-18-19-5-2-1-3-6-19/h1-3,5-6,8-15,24,26,32H,4,7,16-18H2/t24-,26-/m1/s1. The van der Waals surface area contributed by atoms with Crippen LogP contribution in [0, 0.1) is 0 Å². The lowest BCUT2D eigenvalue weighted by Gasteiger charge is -2.27. The van der Waals surface area contributed by atoms with E-state index in [1.54, 1.807) is 24.3 Å². The van der Waals surface area contributed by atoms with Gasteiger partial charge >= 0.3 is 0 Å². The number of nitrogens with zero attached hydrogens (tertiary/aromatic N) is 1. The van der Waals surface area contributed by atoms with Crippen molar-refractivity contribution in [3.63, 3.8) is 0 Å². The number of carbonyl (C=O) groups is 2. The molecule has 2 saturated heterocycles. The first-order valence-corrected chi connectivity index (χ1v) is 12.7. The highest BCUT2D eigenvalue weighted by molar-refractivity contribution is 9.10. The SMILES string of the molecule is O=C1C(=O)N(C[C@H]2CCCO2)[C@H](c2ccc(OCc3ccccc3)cc2)C1=C(O)c1ccc(Br)cc1. The predicted molar refractivity (Wildman–Crippen MR) is 139 cm³/mol. The molecule has 7 heteroatoms. The summed E-state index contributed by atoms with van der Waals surface area (Å²) in [6, 6.07) is 23.5. The molecule has 0 aromatic heterocycles. The zero-order chi connectivity index (χ0) is 25.1. The summed E-state index contributed by atoms with van der Waals surface area (Å²) in [6.45, 7) is 1.37. The van der Waals surface area contributed by atoms with Crippen molar-refractivity contribution >= 4 is 33.4 Å². The molecule has 2 atom stereocenters. The minimum atomic E-state index is -0.721. The molecule has 1 N–H and O–H groups in total. The Morgan fingerprint density at radius 1 is 1.00 bits per heavy atom. The molecule has 0 radical (unpaired) electrons. The van der Waals surface area contributed by atoms with E-state index < -0.39 is 17.7 Å². The van der Waals surface area contributed by atoms with Crippen molar-refractivity contribution in [1.29, 1.82) is 0 Å². The first-order chi connectivity index (χ1) is 17.5. The zero-order valence-electron chi connectivity index (χ0n) is 19.6. The number of aliphatic hydroxyl groups excluding tert-OH is 1. The van der Waals surface area contributed by atoms with Gasteiger partial charge in [0.1, 0.15) is 18.1 Å². The highest BCUT2D eigenvalue weighted by Crippen LogP contribution is 2.40. The molecule has 2 aliphatic heterocycles. The van der Waals surface area contributed by atoms with E-state index in [1.165, 1.54) is 4.90 Å². The summed E-state index contributed by atoms with van der Waals surface area (Å²) in [4.78, 5) is 27.9. The van der Waals surface area contributed by atoms with Crippen LogP contribution in [0.15, 0.2) is 88.9 Å². The Labute approximate surface area is 218 Å². The van der Waals surface area contributed by atoms with Crippen LogP contribution in [0.3, 0.4) is 0 Å². The van der Waals surface area contributed by atoms with Crippen LogP contribution >= 0.6 is 15.9 Å². The van der Waals surface area contributed by atoms with Gasteiger partial charge in [0.25, 0.3) is 11.7 Å². The van der Waals surface area contributed by atoms with Gasteiger partial charge in [-0.25, -0.2) is 0 Å². The first kappa shape index (κ1) is 24.3. The highest BCUT2D eigenvalue weighted by Gasteiger charge is 2.47. The van der Waals surface area contributed by atoms with Crippen molar-refractivity contribution in [2.45, 2.75) is 31.6 Å². The van der Waals surface area contributed by atoms with Crippen LogP contribution in [0.4, 0.5) is 0 Å². The Morgan fingerprint density at radius 2 is 1.72 bits per heavy atom. The number of halogens is 1. The smallest absolute Gasteiger partial charge is 0.295 e. The van der Waals surface area contributed by atoms with Gasteiger partial charge in [0.2, 0.25) is 0 Å². The monoisotopic (exact) mass is 547 g/mol. The Hall–Kier alpha value is -3.42. The molecule has 184 valence electrons. The number of likely N-dealkylation sites (tertiary alicyclic amines) is 1. The van der Waals surface area contributed by atoms with E-state index in [4.69, 9.17) is 9.47 Å². The van der Waals surface area contributed by atoms with E-state index in [-0.39, 0.29) is 17.4 Å². The maximum atomic E-state index is 13.2. The molecular formula is C29H26BrNO5. The van der Waals surface area contributed by atoms with Crippen molar-refractivity contribution in [3.05, 3.63) is 106 Å². The van der Waals surface area contributed by atoms with Gasteiger partial charge in [0.05, 0.1) is 17.7 Å². The summed E-state index contributed by atoms with van der Waals surface area (Å²) in [5.41, 5.74) is 2.33. The van der Waals surface area contributed by atoms with Crippen LogP contribution in [0.5, 0.6) is 5.75 Å². The van der Waals surface area contributed by atoms with Crippen LogP contribution < -0.4 is 4.74 Å². The first-order valence-electron chi connectivity index (χ1n) is 11.9. The topological polar surface area (TPSA) is 76.1 Å². The lowest BCUT2D eigenvalue weighted by molar-refractivity contribution is -0.140. The molecule has 0 spiro atoms. The molecule has 3 aromatic rings. The maximum Gasteiger partial charge on any atom is 0.295 e. The molecule has 36 heavy (non-hydrogen) atoms. The second-order valence-corrected chi connectivity index (χ2v) is 9.85. The predicted octanol–water partition coefficient (Wildman–Crippen LogP) is 5.63. The highest BCUT2D eigenvalue weighted by atomic mass is 79.9. The van der Waals surface area contributed by atoms with Gasteiger partial charge in [-0.05, 0) is 48.2 Å². The molecule has 2 fully saturated rings. The fourth-order valence-corrected chi connectivity index (χ4v) is 4.94. The number of hydrogen-bond donors (Lipinski definition) is 1. The fraction of sp³-hybridized carbons (Fsp3) is 0.241.